The first kappa shape index (κ1) is 24.7. The normalized spacial score (nSPS) is 24.3. The maximum atomic E-state index is 14.7. The topological polar surface area (TPSA) is 66.5 Å². The first-order valence-electron chi connectivity index (χ1n) is 13.5. The van der Waals surface area contributed by atoms with Gasteiger partial charge in [-0.25, -0.2) is 0 Å². The Morgan fingerprint density at radius 1 is 0.875 bits per heavy atom. The third-order valence-electron chi connectivity index (χ3n) is 8.78. The Labute approximate surface area is 237 Å². The van der Waals surface area contributed by atoms with Crippen molar-refractivity contribution in [2.45, 2.75) is 38.3 Å². The molecular weight excluding hydrogens is 516 g/mol. The quantitative estimate of drug-likeness (QED) is 0.294. The minimum Gasteiger partial charge on any atom is -0.352 e. The van der Waals surface area contributed by atoms with Gasteiger partial charge in [0.25, 0.3) is 0 Å². The number of amides is 1. The lowest BCUT2D eigenvalue weighted by Gasteiger charge is -2.39. The van der Waals surface area contributed by atoms with Crippen LogP contribution < -0.4 is 10.2 Å². The fraction of sp³-hybridized carbons (Fsp3) is 0.206. The summed E-state index contributed by atoms with van der Waals surface area (Å²) in [6.45, 7) is 6.08. The van der Waals surface area contributed by atoms with Crippen molar-refractivity contribution in [2.24, 2.45) is 5.92 Å². The third kappa shape index (κ3) is 3.29. The molecule has 5 nitrogen and oxygen atoms in total. The van der Waals surface area contributed by atoms with E-state index in [0.717, 1.165) is 33.5 Å². The highest BCUT2D eigenvalue weighted by atomic mass is 32.1. The van der Waals surface area contributed by atoms with Crippen molar-refractivity contribution >= 4 is 45.8 Å². The Morgan fingerprint density at radius 2 is 1.62 bits per heavy atom. The van der Waals surface area contributed by atoms with Crippen molar-refractivity contribution in [2.75, 3.05) is 10.2 Å². The Hall–Kier alpha value is -4.29. The lowest BCUT2D eigenvalue weighted by atomic mass is 9.64. The molecule has 3 aliphatic heterocycles. The molecule has 40 heavy (non-hydrogen) atoms. The summed E-state index contributed by atoms with van der Waals surface area (Å²) < 4.78 is 0. The summed E-state index contributed by atoms with van der Waals surface area (Å²) >= 11 is 1.35. The molecular formula is C34H28N2O3S. The average molecular weight is 545 g/mol. The van der Waals surface area contributed by atoms with Crippen molar-refractivity contribution in [1.29, 1.82) is 0 Å². The van der Waals surface area contributed by atoms with Crippen LogP contribution in [-0.2, 0) is 10.2 Å². The molecule has 1 fully saturated rings. The third-order valence-corrected chi connectivity index (χ3v) is 9.67. The van der Waals surface area contributed by atoms with Gasteiger partial charge in [-0.15, -0.1) is 11.3 Å². The fourth-order valence-corrected chi connectivity index (χ4v) is 7.71. The number of benzene rings is 3. The van der Waals surface area contributed by atoms with Gasteiger partial charge >= 0.3 is 0 Å². The number of nitrogens with zero attached hydrogens (tertiary/aromatic N) is 1. The van der Waals surface area contributed by atoms with Gasteiger partial charge in [0.1, 0.15) is 11.5 Å². The molecule has 1 N–H and O–H groups in total. The smallest absolute Gasteiger partial charge is 0.238 e. The van der Waals surface area contributed by atoms with Crippen LogP contribution in [0.15, 0.2) is 90.3 Å². The molecule has 4 atom stereocenters. The van der Waals surface area contributed by atoms with Gasteiger partial charge in [0.15, 0.2) is 11.6 Å². The highest BCUT2D eigenvalue weighted by Crippen LogP contribution is 2.59. The lowest BCUT2D eigenvalue weighted by Crippen LogP contribution is -2.51. The Balaban J connectivity index is 1.56. The number of para-hydroxylation sites is 1. The number of hydrogen-bond acceptors (Lipinski definition) is 5. The molecule has 4 heterocycles. The van der Waals surface area contributed by atoms with Gasteiger partial charge in [-0.05, 0) is 61.6 Å². The molecule has 1 aromatic heterocycles. The number of carbonyl (C=O) groups excluding carboxylic acids is 3. The number of aryl methyl sites for hydroxylation is 2. The molecule has 4 aromatic rings. The monoisotopic (exact) mass is 544 g/mol. The van der Waals surface area contributed by atoms with E-state index in [1.54, 1.807) is 6.07 Å². The molecule has 0 aliphatic carbocycles. The molecule has 3 aliphatic rings. The maximum absolute atomic E-state index is 14.7. The fourth-order valence-electron chi connectivity index (χ4n) is 7.01. The predicted molar refractivity (Wildman–Crippen MR) is 159 cm³/mol. The van der Waals surface area contributed by atoms with Crippen LogP contribution in [0.5, 0.6) is 0 Å². The molecule has 0 radical (unpaired) electrons. The van der Waals surface area contributed by atoms with Crippen LogP contribution in [-0.4, -0.2) is 29.6 Å². The zero-order valence-corrected chi connectivity index (χ0v) is 23.3. The predicted octanol–water partition coefficient (Wildman–Crippen LogP) is 6.61. The molecule has 0 saturated carbocycles. The van der Waals surface area contributed by atoms with Gasteiger partial charge in [0.05, 0.1) is 16.8 Å². The Bertz CT molecular complexity index is 1740. The van der Waals surface area contributed by atoms with Crippen LogP contribution in [0.1, 0.15) is 49.2 Å². The number of thiophene rings is 1. The second-order valence-corrected chi connectivity index (χ2v) is 12.0. The van der Waals surface area contributed by atoms with Crippen LogP contribution in [0.4, 0.5) is 11.4 Å². The van der Waals surface area contributed by atoms with Crippen LogP contribution in [0.2, 0.25) is 0 Å². The number of ketones is 2. The first-order chi connectivity index (χ1) is 19.3. The van der Waals surface area contributed by atoms with E-state index in [1.165, 1.54) is 11.3 Å². The van der Waals surface area contributed by atoms with E-state index in [2.05, 4.69) is 22.4 Å². The molecule has 1 saturated heterocycles. The molecule has 1 amide bonds. The van der Waals surface area contributed by atoms with E-state index >= 15 is 0 Å². The van der Waals surface area contributed by atoms with Gasteiger partial charge in [-0.3, -0.25) is 14.4 Å². The maximum Gasteiger partial charge on any atom is 0.238 e. The number of carbonyl (C=O) groups is 3. The summed E-state index contributed by atoms with van der Waals surface area (Å²) in [4.78, 5) is 46.3. The molecule has 1 spiro atoms. The van der Waals surface area contributed by atoms with E-state index in [9.17, 15) is 14.4 Å². The molecule has 3 aromatic carbocycles. The number of nitrogens with one attached hydrogen (secondary N) is 1. The lowest BCUT2D eigenvalue weighted by molar-refractivity contribution is -0.121. The number of rotatable bonds is 4. The average Bonchev–Trinajstić information content (AvgIpc) is 3.66. The van der Waals surface area contributed by atoms with E-state index in [1.807, 2.05) is 92.9 Å². The zero-order valence-electron chi connectivity index (χ0n) is 22.5. The van der Waals surface area contributed by atoms with Crippen LogP contribution in [0, 0.1) is 19.8 Å². The van der Waals surface area contributed by atoms with E-state index < -0.39 is 23.4 Å². The number of anilines is 2. The van der Waals surface area contributed by atoms with Gasteiger partial charge in [0, 0.05) is 22.5 Å². The second kappa shape index (κ2) is 8.86. The van der Waals surface area contributed by atoms with E-state index in [-0.39, 0.29) is 17.5 Å². The summed E-state index contributed by atoms with van der Waals surface area (Å²) in [7, 11) is 0. The number of allylic oxidation sites excluding steroid dienone is 1. The van der Waals surface area contributed by atoms with Gasteiger partial charge in [-0.2, -0.15) is 0 Å². The van der Waals surface area contributed by atoms with Crippen molar-refractivity contribution in [1.82, 2.24) is 0 Å². The molecule has 198 valence electrons. The zero-order chi connectivity index (χ0) is 27.8. The van der Waals surface area contributed by atoms with Crippen LogP contribution in [0.25, 0.3) is 5.57 Å². The van der Waals surface area contributed by atoms with Crippen LogP contribution in [0.3, 0.4) is 0 Å². The first-order valence-corrected chi connectivity index (χ1v) is 14.4. The van der Waals surface area contributed by atoms with Crippen LogP contribution >= 0.6 is 11.3 Å². The highest BCUT2D eigenvalue weighted by molar-refractivity contribution is 7.12. The summed E-state index contributed by atoms with van der Waals surface area (Å²) in [5.41, 5.74) is 5.78. The van der Waals surface area contributed by atoms with Crippen molar-refractivity contribution < 1.29 is 14.4 Å². The van der Waals surface area contributed by atoms with Gasteiger partial charge in [0.2, 0.25) is 5.91 Å². The largest absolute Gasteiger partial charge is 0.352 e. The van der Waals surface area contributed by atoms with E-state index in [0.29, 0.717) is 16.1 Å². The second-order valence-electron chi connectivity index (χ2n) is 11.1. The van der Waals surface area contributed by atoms with Crippen molar-refractivity contribution in [3.8, 4) is 0 Å². The van der Waals surface area contributed by atoms with Crippen molar-refractivity contribution in [3.63, 3.8) is 0 Å². The van der Waals surface area contributed by atoms with Gasteiger partial charge in [-0.1, -0.05) is 71.8 Å². The summed E-state index contributed by atoms with van der Waals surface area (Å²) in [6.07, 6.45) is 2.10. The van der Waals surface area contributed by atoms with Gasteiger partial charge < -0.3 is 10.2 Å². The number of hydrogen-bond donors (Lipinski definition) is 1. The number of Topliss-reactive ketones (excluding diaryl/α,β-unsaturated/α-hetero) is 2. The minimum absolute atomic E-state index is 0.159. The minimum atomic E-state index is -1.29. The van der Waals surface area contributed by atoms with Crippen molar-refractivity contribution in [3.05, 3.63) is 123 Å². The summed E-state index contributed by atoms with van der Waals surface area (Å²) in [5.74, 6) is -1.52. The highest BCUT2D eigenvalue weighted by Gasteiger charge is 2.70. The Morgan fingerprint density at radius 3 is 2.38 bits per heavy atom. The Kier molecular flexibility index (Phi) is 5.48. The number of fused-ring (bicyclic) bond motifs is 6. The SMILES string of the molecule is CC1=C[C@H]2N(c3ccc(C)cc31)[C@H](C(=O)c1ccc(C)cc1)[C@@H](C(=O)c1cccs1)[C@]21C(=O)Nc2ccccc21. The molecule has 0 unspecified atom stereocenters. The molecule has 0 bridgehead atoms. The summed E-state index contributed by atoms with van der Waals surface area (Å²) in [5, 5.41) is 4.96. The molecule has 7 rings (SSSR count). The standard InChI is InChI=1S/C34H28N2O3S/c1-19-10-13-22(14-11-19)31(37)30-29(32(38)27-9-6-16-40-27)34(24-7-4-5-8-25(24)35-33(34)39)28-18-21(3)23-17-20(2)12-15-26(23)36(28)30/h4-18,28-30H,1-3H3,(H,35,39)/t28-,29+,30+,34-/m1/s1. The van der Waals surface area contributed by atoms with E-state index in [4.69, 9.17) is 0 Å². The molecule has 6 heteroatoms. The summed E-state index contributed by atoms with van der Waals surface area (Å²) in [6, 6.07) is 23.5.